The molecule has 0 saturated carbocycles. The molecule has 3 rings (SSSR count). The fourth-order valence-electron chi connectivity index (χ4n) is 2.06. The second-order valence-corrected chi connectivity index (χ2v) is 5.84. The van der Waals surface area contributed by atoms with Crippen molar-refractivity contribution in [3.8, 4) is 11.6 Å². The van der Waals surface area contributed by atoms with Gasteiger partial charge in [-0.1, -0.05) is 39.7 Å². The molecule has 1 heterocycles. The van der Waals surface area contributed by atoms with Gasteiger partial charge >= 0.3 is 0 Å². The maximum Gasteiger partial charge on any atom is 0.238 e. The molecule has 21 heavy (non-hydrogen) atoms. The van der Waals surface area contributed by atoms with E-state index in [2.05, 4.69) is 27.0 Å². The zero-order valence-corrected chi connectivity index (χ0v) is 13.4. The smallest absolute Gasteiger partial charge is 0.238 e. The highest BCUT2D eigenvalue weighted by molar-refractivity contribution is 9.10. The van der Waals surface area contributed by atoms with Gasteiger partial charge in [-0.05, 0) is 46.7 Å². The fourth-order valence-corrected chi connectivity index (χ4v) is 2.67. The average molecular weight is 364 g/mol. The molecule has 0 bridgehead atoms. The highest BCUT2D eigenvalue weighted by atomic mass is 79.9. The Kier molecular flexibility index (Phi) is 4.10. The molecule has 0 aliphatic rings. The van der Waals surface area contributed by atoms with E-state index in [1.165, 1.54) is 0 Å². The van der Waals surface area contributed by atoms with Gasteiger partial charge < -0.3 is 10.5 Å². The van der Waals surface area contributed by atoms with E-state index in [1.807, 2.05) is 30.3 Å². The minimum Gasteiger partial charge on any atom is -0.438 e. The lowest BCUT2D eigenvalue weighted by Gasteiger charge is -2.09. The average Bonchev–Trinajstić information content (AvgIpc) is 2.49. The first-order chi connectivity index (χ1) is 10.2. The van der Waals surface area contributed by atoms with E-state index in [9.17, 15) is 0 Å². The lowest BCUT2D eigenvalue weighted by molar-refractivity contribution is 0.463. The van der Waals surface area contributed by atoms with Gasteiger partial charge in [-0.25, -0.2) is 4.98 Å². The number of hydrogen-bond acceptors (Lipinski definition) is 3. The molecule has 0 saturated heterocycles. The van der Waals surface area contributed by atoms with Crippen molar-refractivity contribution >= 4 is 38.3 Å². The molecular formula is C16H12BrClN2O. The zero-order valence-electron chi connectivity index (χ0n) is 11.0. The summed E-state index contributed by atoms with van der Waals surface area (Å²) in [5.74, 6) is 1.06. The molecule has 0 spiro atoms. The monoisotopic (exact) mass is 362 g/mol. The van der Waals surface area contributed by atoms with Crippen molar-refractivity contribution in [3.63, 3.8) is 0 Å². The Morgan fingerprint density at radius 2 is 1.86 bits per heavy atom. The minimum absolute atomic E-state index is 0.351. The van der Waals surface area contributed by atoms with Crippen LogP contribution in [0.2, 0.25) is 5.02 Å². The predicted molar refractivity (Wildman–Crippen MR) is 88.9 cm³/mol. The molecule has 3 nitrogen and oxygen atoms in total. The van der Waals surface area contributed by atoms with Gasteiger partial charge in [0.15, 0.2) is 0 Å². The summed E-state index contributed by atoms with van der Waals surface area (Å²) in [7, 11) is 0. The van der Waals surface area contributed by atoms with Crippen molar-refractivity contribution in [2.75, 3.05) is 0 Å². The van der Waals surface area contributed by atoms with E-state index in [1.54, 1.807) is 12.3 Å². The molecule has 106 valence electrons. The number of rotatable bonds is 3. The highest BCUT2D eigenvalue weighted by Crippen LogP contribution is 2.31. The van der Waals surface area contributed by atoms with Crippen LogP contribution in [0.1, 0.15) is 5.56 Å². The first-order valence-electron chi connectivity index (χ1n) is 6.38. The van der Waals surface area contributed by atoms with Crippen molar-refractivity contribution in [1.82, 2.24) is 4.98 Å². The summed E-state index contributed by atoms with van der Waals surface area (Å²) in [5.41, 5.74) is 6.44. The Balaban J connectivity index is 1.96. The second kappa shape index (κ2) is 6.02. The van der Waals surface area contributed by atoms with Gasteiger partial charge in [0, 0.05) is 17.2 Å². The molecule has 0 amide bonds. The Morgan fingerprint density at radius 1 is 1.10 bits per heavy atom. The maximum absolute atomic E-state index is 6.22. The van der Waals surface area contributed by atoms with Gasteiger partial charge in [-0.15, -0.1) is 0 Å². The summed E-state index contributed by atoms with van der Waals surface area (Å²) in [5, 5.41) is 2.67. The SMILES string of the molecule is NCc1ccnc(Oc2ccc3cc(Br)ccc3c2)c1Cl. The molecule has 0 fully saturated rings. The summed E-state index contributed by atoms with van der Waals surface area (Å²) in [6, 6.07) is 13.7. The second-order valence-electron chi connectivity index (χ2n) is 4.55. The van der Waals surface area contributed by atoms with Crippen LogP contribution in [-0.4, -0.2) is 4.98 Å². The number of hydrogen-bond donors (Lipinski definition) is 1. The summed E-state index contributed by atoms with van der Waals surface area (Å²) in [6.45, 7) is 0.351. The fraction of sp³-hybridized carbons (Fsp3) is 0.0625. The van der Waals surface area contributed by atoms with E-state index in [0.717, 1.165) is 20.8 Å². The van der Waals surface area contributed by atoms with Crippen molar-refractivity contribution in [2.45, 2.75) is 6.54 Å². The molecule has 2 N–H and O–H groups in total. The van der Waals surface area contributed by atoms with Crippen molar-refractivity contribution < 1.29 is 4.74 Å². The van der Waals surface area contributed by atoms with E-state index in [-0.39, 0.29) is 0 Å². The van der Waals surface area contributed by atoms with Crippen LogP contribution in [0.15, 0.2) is 53.1 Å². The van der Waals surface area contributed by atoms with Crippen LogP contribution in [0.4, 0.5) is 0 Å². The molecule has 2 aromatic carbocycles. The molecule has 5 heteroatoms. The van der Waals surface area contributed by atoms with Crippen LogP contribution < -0.4 is 10.5 Å². The Morgan fingerprint density at radius 3 is 2.67 bits per heavy atom. The Labute approximate surface area is 135 Å². The topological polar surface area (TPSA) is 48.1 Å². The van der Waals surface area contributed by atoms with Gasteiger partial charge in [-0.3, -0.25) is 0 Å². The lowest BCUT2D eigenvalue weighted by Crippen LogP contribution is -1.99. The number of benzene rings is 2. The Hall–Kier alpha value is -1.62. The largest absolute Gasteiger partial charge is 0.438 e. The van der Waals surface area contributed by atoms with Gasteiger partial charge in [0.2, 0.25) is 5.88 Å². The van der Waals surface area contributed by atoms with Gasteiger partial charge in [-0.2, -0.15) is 0 Å². The standard InChI is InChI=1S/C16H12BrClN2O/c17-13-3-1-11-8-14(4-2-10(11)7-13)21-16-15(18)12(9-19)5-6-20-16/h1-8H,9,19H2. The van der Waals surface area contributed by atoms with Crippen LogP contribution in [0.5, 0.6) is 11.6 Å². The van der Waals surface area contributed by atoms with Gasteiger partial charge in [0.05, 0.1) is 0 Å². The van der Waals surface area contributed by atoms with Crippen LogP contribution in [-0.2, 0) is 6.54 Å². The molecular weight excluding hydrogens is 352 g/mol. The molecule has 3 aromatic rings. The third-order valence-corrected chi connectivity index (χ3v) is 4.04. The summed E-state index contributed by atoms with van der Waals surface area (Å²) < 4.78 is 6.83. The molecule has 1 aromatic heterocycles. The van der Waals surface area contributed by atoms with Crippen molar-refractivity contribution in [3.05, 3.63) is 63.7 Å². The van der Waals surface area contributed by atoms with E-state index >= 15 is 0 Å². The van der Waals surface area contributed by atoms with Crippen molar-refractivity contribution in [2.24, 2.45) is 5.73 Å². The van der Waals surface area contributed by atoms with Crippen LogP contribution in [0, 0.1) is 0 Å². The predicted octanol–water partition coefficient (Wildman–Crippen LogP) is 4.90. The van der Waals surface area contributed by atoms with Crippen LogP contribution in [0.25, 0.3) is 10.8 Å². The minimum atomic E-state index is 0.351. The first-order valence-corrected chi connectivity index (χ1v) is 7.55. The summed E-state index contributed by atoms with van der Waals surface area (Å²) in [4.78, 5) is 4.16. The van der Waals surface area contributed by atoms with Crippen LogP contribution >= 0.6 is 27.5 Å². The number of aromatic nitrogens is 1. The zero-order chi connectivity index (χ0) is 14.8. The summed E-state index contributed by atoms with van der Waals surface area (Å²) in [6.07, 6.45) is 1.64. The molecule has 0 aliphatic carbocycles. The normalized spacial score (nSPS) is 10.8. The summed E-state index contributed by atoms with van der Waals surface area (Å²) >= 11 is 9.68. The number of ether oxygens (including phenoxy) is 1. The van der Waals surface area contributed by atoms with E-state index < -0.39 is 0 Å². The quantitative estimate of drug-likeness (QED) is 0.720. The number of nitrogens with two attached hydrogens (primary N) is 1. The number of halogens is 2. The number of nitrogens with zero attached hydrogens (tertiary/aromatic N) is 1. The first kappa shape index (κ1) is 14.3. The highest BCUT2D eigenvalue weighted by Gasteiger charge is 2.09. The third kappa shape index (κ3) is 3.02. The molecule has 0 atom stereocenters. The third-order valence-electron chi connectivity index (χ3n) is 3.15. The van der Waals surface area contributed by atoms with Gasteiger partial charge in [0.25, 0.3) is 0 Å². The van der Waals surface area contributed by atoms with Gasteiger partial charge in [0.1, 0.15) is 10.8 Å². The van der Waals surface area contributed by atoms with Crippen molar-refractivity contribution in [1.29, 1.82) is 0 Å². The Bertz CT molecular complexity index is 807. The van der Waals surface area contributed by atoms with Crippen LogP contribution in [0.3, 0.4) is 0 Å². The molecule has 0 unspecified atom stereocenters. The number of fused-ring (bicyclic) bond motifs is 1. The van der Waals surface area contributed by atoms with E-state index in [4.69, 9.17) is 22.1 Å². The van der Waals surface area contributed by atoms with E-state index in [0.29, 0.717) is 23.2 Å². The number of pyridine rings is 1. The molecule has 0 radical (unpaired) electrons. The molecule has 0 aliphatic heterocycles. The lowest BCUT2D eigenvalue weighted by atomic mass is 10.1. The maximum atomic E-state index is 6.22.